The number of hydrogen-bond donors (Lipinski definition) is 2. The zero-order valence-electron chi connectivity index (χ0n) is 8.78. The van der Waals surface area contributed by atoms with Gasteiger partial charge in [0.1, 0.15) is 0 Å². The molecule has 0 saturated carbocycles. The number of aromatic nitrogens is 1. The number of carboxylic acids is 1. The largest absolute Gasteiger partial charge is 0.478 e. The molecule has 0 aliphatic carbocycles. The number of aryl methyl sites for hydroxylation is 1. The number of nitrogens with one attached hydrogen (secondary N) is 1. The fourth-order valence-electron chi connectivity index (χ4n) is 1.91. The van der Waals surface area contributed by atoms with Gasteiger partial charge in [0.15, 0.2) is 6.29 Å². The number of para-hydroxylation sites is 1. The van der Waals surface area contributed by atoms with E-state index in [-0.39, 0.29) is 11.3 Å². The minimum atomic E-state index is -1.08. The number of fused-ring (bicyclic) bond motifs is 1. The van der Waals surface area contributed by atoms with Gasteiger partial charge in [-0.2, -0.15) is 0 Å². The van der Waals surface area contributed by atoms with Gasteiger partial charge in [0, 0.05) is 5.39 Å². The topological polar surface area (TPSA) is 70.2 Å². The van der Waals surface area contributed by atoms with Gasteiger partial charge in [-0.15, -0.1) is 0 Å². The summed E-state index contributed by atoms with van der Waals surface area (Å²) in [6.07, 6.45) is 1.33. The molecule has 0 saturated heterocycles. The number of carbonyl (C=O) groups is 2. The number of aromatic carboxylic acids is 1. The van der Waals surface area contributed by atoms with Gasteiger partial charge >= 0.3 is 5.97 Å². The normalized spacial score (nSPS) is 10.6. The van der Waals surface area contributed by atoms with Crippen molar-refractivity contribution in [1.29, 1.82) is 0 Å². The van der Waals surface area contributed by atoms with Crippen LogP contribution in [0.4, 0.5) is 0 Å². The molecule has 0 amide bonds. The van der Waals surface area contributed by atoms with Crippen molar-refractivity contribution in [2.45, 2.75) is 13.3 Å². The van der Waals surface area contributed by atoms with E-state index in [1.165, 1.54) is 0 Å². The summed E-state index contributed by atoms with van der Waals surface area (Å²) < 4.78 is 0. The highest BCUT2D eigenvalue weighted by atomic mass is 16.4. The Kier molecular flexibility index (Phi) is 2.48. The zero-order valence-corrected chi connectivity index (χ0v) is 8.78. The van der Waals surface area contributed by atoms with Crippen LogP contribution in [0.1, 0.15) is 33.3 Å². The average molecular weight is 217 g/mol. The molecule has 16 heavy (non-hydrogen) atoms. The van der Waals surface area contributed by atoms with E-state index >= 15 is 0 Å². The molecule has 0 fully saturated rings. The summed E-state index contributed by atoms with van der Waals surface area (Å²) in [5.74, 6) is -1.08. The lowest BCUT2D eigenvalue weighted by Crippen LogP contribution is -1.99. The fraction of sp³-hybridized carbons (Fsp3) is 0.167. The van der Waals surface area contributed by atoms with E-state index in [0.29, 0.717) is 11.7 Å². The minimum absolute atomic E-state index is 0.0558. The first-order valence-corrected chi connectivity index (χ1v) is 5.01. The second kappa shape index (κ2) is 3.81. The Morgan fingerprint density at radius 1 is 1.50 bits per heavy atom. The van der Waals surface area contributed by atoms with E-state index in [9.17, 15) is 9.59 Å². The molecule has 82 valence electrons. The van der Waals surface area contributed by atoms with Crippen LogP contribution < -0.4 is 0 Å². The first kappa shape index (κ1) is 10.4. The van der Waals surface area contributed by atoms with Crippen LogP contribution in [0.25, 0.3) is 10.9 Å². The van der Waals surface area contributed by atoms with Crippen molar-refractivity contribution in [2.24, 2.45) is 0 Å². The third-order valence-electron chi connectivity index (χ3n) is 2.66. The number of carboxylic acid groups (broad SMARTS) is 1. The van der Waals surface area contributed by atoms with Crippen molar-refractivity contribution in [1.82, 2.24) is 4.98 Å². The van der Waals surface area contributed by atoms with Crippen LogP contribution in [-0.2, 0) is 6.42 Å². The van der Waals surface area contributed by atoms with Crippen LogP contribution in [0.3, 0.4) is 0 Å². The molecule has 0 aliphatic rings. The lowest BCUT2D eigenvalue weighted by Gasteiger charge is -1.98. The highest BCUT2D eigenvalue weighted by Crippen LogP contribution is 2.24. The minimum Gasteiger partial charge on any atom is -0.478 e. The third-order valence-corrected chi connectivity index (χ3v) is 2.66. The van der Waals surface area contributed by atoms with Crippen LogP contribution in [0, 0.1) is 0 Å². The number of rotatable bonds is 3. The molecule has 0 unspecified atom stereocenters. The predicted molar refractivity (Wildman–Crippen MR) is 60.0 cm³/mol. The van der Waals surface area contributed by atoms with Crippen LogP contribution in [0.5, 0.6) is 0 Å². The van der Waals surface area contributed by atoms with Crippen molar-refractivity contribution in [3.05, 3.63) is 35.0 Å². The molecule has 1 aromatic heterocycles. The summed E-state index contributed by atoms with van der Waals surface area (Å²) in [5.41, 5.74) is 1.93. The summed E-state index contributed by atoms with van der Waals surface area (Å²) in [4.78, 5) is 24.7. The van der Waals surface area contributed by atoms with E-state index in [2.05, 4.69) is 4.98 Å². The summed E-state index contributed by atoms with van der Waals surface area (Å²) in [7, 11) is 0. The Morgan fingerprint density at radius 2 is 2.25 bits per heavy atom. The molecule has 0 aliphatic heterocycles. The highest BCUT2D eigenvalue weighted by Gasteiger charge is 2.18. The first-order chi connectivity index (χ1) is 7.69. The number of aldehydes is 1. The molecule has 2 aromatic rings. The lowest BCUT2D eigenvalue weighted by molar-refractivity contribution is 0.0696. The molecule has 0 bridgehead atoms. The van der Waals surface area contributed by atoms with Gasteiger partial charge in [-0.05, 0) is 12.0 Å². The Hall–Kier alpha value is -2.10. The number of hydrogen-bond acceptors (Lipinski definition) is 2. The average Bonchev–Trinajstić information content (AvgIpc) is 2.66. The molecule has 2 rings (SSSR count). The van der Waals surface area contributed by atoms with E-state index in [4.69, 9.17) is 5.11 Å². The summed E-state index contributed by atoms with van der Waals surface area (Å²) >= 11 is 0. The number of benzene rings is 1. The molecular formula is C12H11NO3. The predicted octanol–water partition coefficient (Wildman–Crippen LogP) is 2.24. The number of carbonyl (C=O) groups excluding carboxylic acids is 1. The Labute approximate surface area is 91.9 Å². The standard InChI is InChI=1S/C12H11NO3/c1-2-7-4-3-5-8-10(12(15)16)9(6-14)13-11(7)8/h3-6,13H,2H2,1H3,(H,15,16). The molecule has 2 N–H and O–H groups in total. The highest BCUT2D eigenvalue weighted by molar-refractivity contribution is 6.10. The van der Waals surface area contributed by atoms with Crippen LogP contribution >= 0.6 is 0 Å². The smallest absolute Gasteiger partial charge is 0.338 e. The van der Waals surface area contributed by atoms with Crippen LogP contribution in [0.2, 0.25) is 0 Å². The molecule has 0 atom stereocenters. The monoisotopic (exact) mass is 217 g/mol. The Bertz CT molecular complexity index is 569. The van der Waals surface area contributed by atoms with Gasteiger partial charge in [0.05, 0.1) is 16.8 Å². The van der Waals surface area contributed by atoms with E-state index in [1.54, 1.807) is 12.1 Å². The molecule has 0 spiro atoms. The molecule has 1 aromatic carbocycles. The van der Waals surface area contributed by atoms with Gasteiger partial charge in [0.25, 0.3) is 0 Å². The van der Waals surface area contributed by atoms with Crippen molar-refractivity contribution >= 4 is 23.2 Å². The zero-order chi connectivity index (χ0) is 11.7. The van der Waals surface area contributed by atoms with Gasteiger partial charge in [-0.25, -0.2) is 4.79 Å². The van der Waals surface area contributed by atoms with E-state index < -0.39 is 5.97 Å². The molecular weight excluding hydrogens is 206 g/mol. The molecule has 4 heteroatoms. The second-order valence-electron chi connectivity index (χ2n) is 3.53. The Balaban J connectivity index is 2.87. The molecule has 1 heterocycles. The maximum Gasteiger partial charge on any atom is 0.338 e. The summed E-state index contributed by atoms with van der Waals surface area (Å²) in [6, 6.07) is 5.43. The quantitative estimate of drug-likeness (QED) is 0.774. The fourth-order valence-corrected chi connectivity index (χ4v) is 1.91. The maximum absolute atomic E-state index is 11.1. The summed E-state index contributed by atoms with van der Waals surface area (Å²) in [6.45, 7) is 1.98. The van der Waals surface area contributed by atoms with Crippen molar-refractivity contribution in [3.8, 4) is 0 Å². The molecule has 0 radical (unpaired) electrons. The van der Waals surface area contributed by atoms with Crippen LogP contribution in [-0.4, -0.2) is 22.3 Å². The van der Waals surface area contributed by atoms with E-state index in [0.717, 1.165) is 17.5 Å². The SMILES string of the molecule is CCc1cccc2c(C(=O)O)c(C=O)[nH]c12. The van der Waals surface area contributed by atoms with E-state index in [1.807, 2.05) is 13.0 Å². The Morgan fingerprint density at radius 3 is 2.81 bits per heavy atom. The van der Waals surface area contributed by atoms with Crippen LogP contribution in [0.15, 0.2) is 18.2 Å². The number of aromatic amines is 1. The third kappa shape index (κ3) is 1.39. The van der Waals surface area contributed by atoms with Gasteiger partial charge in [-0.1, -0.05) is 25.1 Å². The second-order valence-corrected chi connectivity index (χ2v) is 3.53. The summed E-state index contributed by atoms with van der Waals surface area (Å²) in [5, 5.41) is 9.66. The number of H-pyrrole nitrogens is 1. The van der Waals surface area contributed by atoms with Crippen molar-refractivity contribution in [3.63, 3.8) is 0 Å². The molecule has 4 nitrogen and oxygen atoms in total. The maximum atomic E-state index is 11.1. The van der Waals surface area contributed by atoms with Gasteiger partial charge in [-0.3, -0.25) is 4.79 Å². The van der Waals surface area contributed by atoms with Crippen molar-refractivity contribution < 1.29 is 14.7 Å². The lowest BCUT2D eigenvalue weighted by atomic mass is 10.1. The van der Waals surface area contributed by atoms with Gasteiger partial charge in [0.2, 0.25) is 0 Å². The van der Waals surface area contributed by atoms with Crippen molar-refractivity contribution in [2.75, 3.05) is 0 Å². The van der Waals surface area contributed by atoms with Gasteiger partial charge < -0.3 is 10.1 Å². The first-order valence-electron chi connectivity index (χ1n) is 5.01.